The molecular formula is C11H13N3O3. The molecule has 6 heteroatoms. The van der Waals surface area contributed by atoms with Gasteiger partial charge in [-0.3, -0.25) is 0 Å². The molecular weight excluding hydrogens is 222 g/mol. The molecule has 2 rings (SSSR count). The monoisotopic (exact) mass is 235 g/mol. The summed E-state index contributed by atoms with van der Waals surface area (Å²) in [5, 5.41) is 20.5. The Kier molecular flexibility index (Phi) is 3.24. The first-order chi connectivity index (χ1) is 8.20. The fraction of sp³-hybridized carbons (Fsp3) is 0.273. The van der Waals surface area contributed by atoms with Gasteiger partial charge in [0.2, 0.25) is 5.95 Å². The van der Waals surface area contributed by atoms with E-state index in [1.807, 2.05) is 0 Å². The number of anilines is 1. The van der Waals surface area contributed by atoms with Crippen LogP contribution in [0.1, 0.15) is 16.8 Å². The van der Waals surface area contributed by atoms with Gasteiger partial charge in [0.05, 0.1) is 16.6 Å². The van der Waals surface area contributed by atoms with E-state index < -0.39 is 5.97 Å². The molecule has 0 aliphatic rings. The van der Waals surface area contributed by atoms with Gasteiger partial charge in [-0.1, -0.05) is 0 Å². The Bertz CT molecular complexity index is 536. The number of carbonyl (C=O) groups is 1. The summed E-state index contributed by atoms with van der Waals surface area (Å²) in [6.45, 7) is 0.735. The molecule has 0 amide bonds. The number of fused-ring (bicyclic) bond motifs is 1. The van der Waals surface area contributed by atoms with E-state index >= 15 is 0 Å². The number of hydrogen-bond acceptors (Lipinski definition) is 4. The Balaban J connectivity index is 2.21. The van der Waals surface area contributed by atoms with Crippen molar-refractivity contribution in [2.45, 2.75) is 6.42 Å². The van der Waals surface area contributed by atoms with Crippen LogP contribution in [0.5, 0.6) is 0 Å². The zero-order valence-corrected chi connectivity index (χ0v) is 9.10. The van der Waals surface area contributed by atoms with Gasteiger partial charge in [0.15, 0.2) is 0 Å². The number of carboxylic acid groups (broad SMARTS) is 1. The van der Waals surface area contributed by atoms with E-state index in [-0.39, 0.29) is 12.2 Å². The van der Waals surface area contributed by atoms with E-state index in [2.05, 4.69) is 15.3 Å². The Labute approximate surface area is 97.3 Å². The third kappa shape index (κ3) is 2.54. The highest BCUT2D eigenvalue weighted by Gasteiger charge is 2.06. The van der Waals surface area contributed by atoms with Gasteiger partial charge in [0.25, 0.3) is 0 Å². The third-order valence-corrected chi connectivity index (χ3v) is 2.36. The number of benzene rings is 1. The largest absolute Gasteiger partial charge is 0.478 e. The minimum Gasteiger partial charge on any atom is -0.478 e. The minimum absolute atomic E-state index is 0.121. The number of nitrogens with zero attached hydrogens (tertiary/aromatic N) is 1. The van der Waals surface area contributed by atoms with E-state index in [1.54, 1.807) is 12.1 Å². The first-order valence-corrected chi connectivity index (χ1v) is 5.28. The van der Waals surface area contributed by atoms with Crippen LogP contribution in [0.2, 0.25) is 0 Å². The Morgan fingerprint density at radius 3 is 3.00 bits per heavy atom. The Morgan fingerprint density at radius 2 is 2.29 bits per heavy atom. The lowest BCUT2D eigenvalue weighted by atomic mass is 10.2. The van der Waals surface area contributed by atoms with Crippen LogP contribution in [-0.2, 0) is 0 Å². The van der Waals surface area contributed by atoms with Crippen molar-refractivity contribution in [1.29, 1.82) is 0 Å². The van der Waals surface area contributed by atoms with E-state index in [4.69, 9.17) is 10.2 Å². The standard InChI is InChI=1S/C11H13N3O3/c15-5-1-4-12-11-13-8-3-2-7(10(16)17)6-9(8)14-11/h2-3,6,15H,1,4-5H2,(H,16,17)(H2,12,13,14). The maximum atomic E-state index is 10.8. The molecule has 1 heterocycles. The van der Waals surface area contributed by atoms with E-state index in [9.17, 15) is 4.79 Å². The molecule has 0 fully saturated rings. The lowest BCUT2D eigenvalue weighted by molar-refractivity contribution is 0.0697. The molecule has 90 valence electrons. The van der Waals surface area contributed by atoms with Gasteiger partial charge in [-0.2, -0.15) is 0 Å². The van der Waals surface area contributed by atoms with Crippen molar-refractivity contribution in [3.8, 4) is 0 Å². The number of aliphatic hydroxyl groups is 1. The zero-order valence-electron chi connectivity index (χ0n) is 9.10. The number of nitrogens with one attached hydrogen (secondary N) is 2. The summed E-state index contributed by atoms with van der Waals surface area (Å²) >= 11 is 0. The van der Waals surface area contributed by atoms with E-state index in [0.717, 1.165) is 0 Å². The van der Waals surface area contributed by atoms with Crippen LogP contribution in [0.3, 0.4) is 0 Å². The number of aliphatic hydroxyl groups excluding tert-OH is 1. The van der Waals surface area contributed by atoms with Gasteiger partial charge in [0, 0.05) is 13.2 Å². The lowest BCUT2D eigenvalue weighted by Gasteiger charge is -1.98. The van der Waals surface area contributed by atoms with Crippen LogP contribution in [-0.4, -0.2) is 39.3 Å². The number of rotatable bonds is 5. The summed E-state index contributed by atoms with van der Waals surface area (Å²) in [5.41, 5.74) is 1.61. The summed E-state index contributed by atoms with van der Waals surface area (Å²) in [4.78, 5) is 18.0. The molecule has 0 atom stereocenters. The Hall–Kier alpha value is -2.08. The molecule has 1 aromatic carbocycles. The summed E-state index contributed by atoms with van der Waals surface area (Å²) in [7, 11) is 0. The molecule has 4 N–H and O–H groups in total. The quantitative estimate of drug-likeness (QED) is 0.581. The number of imidazole rings is 1. The lowest BCUT2D eigenvalue weighted by Crippen LogP contribution is -2.04. The summed E-state index contributed by atoms with van der Waals surface area (Å²) < 4.78 is 0. The van der Waals surface area contributed by atoms with Crippen LogP contribution in [0.25, 0.3) is 11.0 Å². The van der Waals surface area contributed by atoms with Crippen molar-refractivity contribution in [2.75, 3.05) is 18.5 Å². The second-order valence-electron chi connectivity index (χ2n) is 3.63. The van der Waals surface area contributed by atoms with Crippen molar-refractivity contribution in [1.82, 2.24) is 9.97 Å². The number of aromatic nitrogens is 2. The van der Waals surface area contributed by atoms with E-state index in [0.29, 0.717) is 29.9 Å². The average molecular weight is 235 g/mol. The number of aromatic carboxylic acids is 1. The SMILES string of the molecule is O=C(O)c1ccc2nc(NCCCO)[nH]c2c1. The topological polar surface area (TPSA) is 98.2 Å². The fourth-order valence-corrected chi connectivity index (χ4v) is 1.51. The van der Waals surface area contributed by atoms with Crippen molar-refractivity contribution >= 4 is 23.0 Å². The van der Waals surface area contributed by atoms with Crippen LogP contribution in [0.15, 0.2) is 18.2 Å². The van der Waals surface area contributed by atoms with Crippen LogP contribution < -0.4 is 5.32 Å². The van der Waals surface area contributed by atoms with Gasteiger partial charge in [-0.15, -0.1) is 0 Å². The van der Waals surface area contributed by atoms with Crippen LogP contribution >= 0.6 is 0 Å². The van der Waals surface area contributed by atoms with Gasteiger partial charge < -0.3 is 20.5 Å². The zero-order chi connectivity index (χ0) is 12.3. The maximum Gasteiger partial charge on any atom is 0.335 e. The van der Waals surface area contributed by atoms with Crippen LogP contribution in [0.4, 0.5) is 5.95 Å². The van der Waals surface area contributed by atoms with Crippen molar-refractivity contribution in [3.05, 3.63) is 23.8 Å². The first kappa shape index (κ1) is 11.4. The maximum absolute atomic E-state index is 10.8. The highest BCUT2D eigenvalue weighted by molar-refractivity contribution is 5.92. The highest BCUT2D eigenvalue weighted by Crippen LogP contribution is 2.16. The number of H-pyrrole nitrogens is 1. The average Bonchev–Trinajstić information content (AvgIpc) is 2.70. The summed E-state index contributed by atoms with van der Waals surface area (Å²) in [6.07, 6.45) is 0.636. The Morgan fingerprint density at radius 1 is 1.47 bits per heavy atom. The molecule has 0 radical (unpaired) electrons. The predicted molar refractivity (Wildman–Crippen MR) is 63.2 cm³/mol. The highest BCUT2D eigenvalue weighted by atomic mass is 16.4. The molecule has 0 bridgehead atoms. The fourth-order valence-electron chi connectivity index (χ4n) is 1.51. The molecule has 0 saturated heterocycles. The van der Waals surface area contributed by atoms with Gasteiger partial charge in [0.1, 0.15) is 0 Å². The molecule has 2 aromatic rings. The minimum atomic E-state index is -0.962. The second kappa shape index (κ2) is 4.84. The van der Waals surface area contributed by atoms with Gasteiger partial charge in [-0.25, -0.2) is 9.78 Å². The molecule has 0 aliphatic carbocycles. The normalized spacial score (nSPS) is 10.6. The first-order valence-electron chi connectivity index (χ1n) is 5.28. The molecule has 0 spiro atoms. The third-order valence-electron chi connectivity index (χ3n) is 2.36. The molecule has 0 aliphatic heterocycles. The molecule has 0 unspecified atom stereocenters. The summed E-state index contributed by atoms with van der Waals surface area (Å²) in [5.74, 6) is -0.382. The van der Waals surface area contributed by atoms with Crippen molar-refractivity contribution in [3.63, 3.8) is 0 Å². The van der Waals surface area contributed by atoms with Crippen molar-refractivity contribution < 1.29 is 15.0 Å². The van der Waals surface area contributed by atoms with Gasteiger partial charge >= 0.3 is 5.97 Å². The summed E-state index contributed by atoms with van der Waals surface area (Å²) in [6, 6.07) is 4.72. The molecule has 0 saturated carbocycles. The van der Waals surface area contributed by atoms with Crippen LogP contribution in [0, 0.1) is 0 Å². The van der Waals surface area contributed by atoms with Gasteiger partial charge in [-0.05, 0) is 24.6 Å². The second-order valence-corrected chi connectivity index (χ2v) is 3.63. The number of carboxylic acids is 1. The molecule has 6 nitrogen and oxygen atoms in total. The van der Waals surface area contributed by atoms with Crippen molar-refractivity contribution in [2.24, 2.45) is 0 Å². The predicted octanol–water partition coefficient (Wildman–Crippen LogP) is 1.06. The number of aromatic amines is 1. The molecule has 1 aromatic heterocycles. The smallest absolute Gasteiger partial charge is 0.335 e. The number of hydrogen-bond donors (Lipinski definition) is 4. The molecule has 17 heavy (non-hydrogen) atoms. The van der Waals surface area contributed by atoms with E-state index in [1.165, 1.54) is 6.07 Å².